The molecule has 0 unspecified atom stereocenters. The first kappa shape index (κ1) is 17.1. The zero-order valence-electron chi connectivity index (χ0n) is 13.7. The Morgan fingerprint density at radius 2 is 2.17 bits per heavy atom. The van der Waals surface area contributed by atoms with Crippen LogP contribution in [0.3, 0.4) is 0 Å². The van der Waals surface area contributed by atoms with Gasteiger partial charge in [-0.25, -0.2) is 4.98 Å². The van der Waals surface area contributed by atoms with E-state index < -0.39 is 0 Å². The largest absolute Gasteiger partial charge is 0.387 e. The van der Waals surface area contributed by atoms with Gasteiger partial charge in [-0.15, -0.1) is 0 Å². The second-order valence-electron chi connectivity index (χ2n) is 6.00. The lowest BCUT2D eigenvalue weighted by Crippen LogP contribution is -2.37. The molecule has 0 atom stereocenters. The van der Waals surface area contributed by atoms with E-state index in [-0.39, 0.29) is 17.5 Å². The number of allylic oxidation sites excluding steroid dienone is 1. The summed E-state index contributed by atoms with van der Waals surface area (Å²) in [5, 5.41) is 15.5. The van der Waals surface area contributed by atoms with E-state index >= 15 is 0 Å². The predicted octanol–water partition coefficient (Wildman–Crippen LogP) is 2.11. The molecule has 124 valence electrons. The van der Waals surface area contributed by atoms with Gasteiger partial charge < -0.3 is 15.2 Å². The molecule has 0 aromatic carbocycles. The zero-order valence-corrected chi connectivity index (χ0v) is 13.7. The van der Waals surface area contributed by atoms with Crippen LogP contribution in [0.4, 0.5) is 0 Å². The number of nitriles is 1. The molecule has 1 aromatic heterocycles. The second kappa shape index (κ2) is 8.99. The van der Waals surface area contributed by atoms with Crippen molar-refractivity contribution in [3.8, 4) is 6.07 Å². The maximum atomic E-state index is 12.3. The van der Waals surface area contributed by atoms with E-state index in [1.54, 1.807) is 19.4 Å². The summed E-state index contributed by atoms with van der Waals surface area (Å²) < 4.78 is 2.00. The Hall–Kier alpha value is -2.29. The molecule has 6 nitrogen and oxygen atoms in total. The third kappa shape index (κ3) is 5.44. The predicted molar refractivity (Wildman–Crippen MR) is 88.2 cm³/mol. The lowest BCUT2D eigenvalue weighted by molar-refractivity contribution is -0.118. The van der Waals surface area contributed by atoms with Crippen LogP contribution in [0, 0.1) is 11.3 Å². The number of imidazole rings is 1. The van der Waals surface area contributed by atoms with Crippen LogP contribution in [-0.2, 0) is 11.3 Å². The lowest BCUT2D eigenvalue weighted by Gasteiger charge is -2.22. The quantitative estimate of drug-likeness (QED) is 0.458. The standard InChI is InChI=1S/C17H25N5O/c1-14(20-8-5-10-22-11-9-19-13-22)16(12-18)17(23)21-15-6-3-2-4-7-15/h9,11,13,15,20H,2-8,10H2,1H3,(H,21,23). The molecule has 0 spiro atoms. The summed E-state index contributed by atoms with van der Waals surface area (Å²) in [7, 11) is 0. The second-order valence-corrected chi connectivity index (χ2v) is 6.00. The number of hydrogen-bond donors (Lipinski definition) is 2. The van der Waals surface area contributed by atoms with Gasteiger partial charge >= 0.3 is 0 Å². The maximum absolute atomic E-state index is 12.3. The summed E-state index contributed by atoms with van der Waals surface area (Å²) in [6, 6.07) is 2.25. The molecule has 1 saturated carbocycles. The summed E-state index contributed by atoms with van der Waals surface area (Å²) in [4.78, 5) is 16.3. The number of aryl methyl sites for hydroxylation is 1. The van der Waals surface area contributed by atoms with Crippen LogP contribution in [0.2, 0.25) is 0 Å². The van der Waals surface area contributed by atoms with E-state index in [1.165, 1.54) is 6.42 Å². The van der Waals surface area contributed by atoms with Gasteiger partial charge in [0.05, 0.1) is 6.33 Å². The van der Waals surface area contributed by atoms with Crippen molar-refractivity contribution < 1.29 is 4.79 Å². The van der Waals surface area contributed by atoms with E-state index in [1.807, 2.05) is 16.8 Å². The summed E-state index contributed by atoms with van der Waals surface area (Å²) >= 11 is 0. The Kier molecular flexibility index (Phi) is 6.67. The summed E-state index contributed by atoms with van der Waals surface area (Å²) in [6.45, 7) is 3.36. The van der Waals surface area contributed by atoms with Crippen molar-refractivity contribution in [3.63, 3.8) is 0 Å². The first-order valence-electron chi connectivity index (χ1n) is 8.32. The molecule has 0 aliphatic heterocycles. The number of carbonyl (C=O) groups excluding carboxylic acids is 1. The third-order valence-corrected chi connectivity index (χ3v) is 4.20. The van der Waals surface area contributed by atoms with E-state index in [4.69, 9.17) is 0 Å². The van der Waals surface area contributed by atoms with Gasteiger partial charge in [0.15, 0.2) is 0 Å². The van der Waals surface area contributed by atoms with Crippen molar-refractivity contribution in [3.05, 3.63) is 30.0 Å². The molecule has 0 saturated heterocycles. The highest BCUT2D eigenvalue weighted by atomic mass is 16.1. The van der Waals surface area contributed by atoms with Crippen molar-refractivity contribution in [1.82, 2.24) is 20.2 Å². The molecule has 6 heteroatoms. The number of nitrogens with one attached hydrogen (secondary N) is 2. The minimum atomic E-state index is -0.251. The molecule has 1 heterocycles. The average Bonchev–Trinajstić information content (AvgIpc) is 3.06. The highest BCUT2D eigenvalue weighted by Gasteiger charge is 2.19. The van der Waals surface area contributed by atoms with Crippen molar-refractivity contribution in [1.29, 1.82) is 5.26 Å². The molecule has 1 aliphatic carbocycles. The Bertz CT molecular complexity index is 564. The number of hydrogen-bond acceptors (Lipinski definition) is 4. The smallest absolute Gasteiger partial charge is 0.263 e. The van der Waals surface area contributed by atoms with Crippen LogP contribution < -0.4 is 10.6 Å². The summed E-state index contributed by atoms with van der Waals surface area (Å²) in [5.74, 6) is -0.251. The monoisotopic (exact) mass is 315 g/mol. The number of aromatic nitrogens is 2. The van der Waals surface area contributed by atoms with Gasteiger partial charge in [0.1, 0.15) is 11.6 Å². The molecule has 0 radical (unpaired) electrons. The Morgan fingerprint density at radius 1 is 1.39 bits per heavy atom. The summed E-state index contributed by atoms with van der Waals surface area (Å²) in [6.07, 6.45) is 11.9. The fourth-order valence-corrected chi connectivity index (χ4v) is 2.85. The minimum Gasteiger partial charge on any atom is -0.387 e. The van der Waals surface area contributed by atoms with Crippen LogP contribution in [-0.4, -0.2) is 28.0 Å². The van der Waals surface area contributed by atoms with Crippen molar-refractivity contribution in [2.45, 2.75) is 58.0 Å². The fraction of sp³-hybridized carbons (Fsp3) is 0.588. The van der Waals surface area contributed by atoms with E-state index in [2.05, 4.69) is 15.6 Å². The topological polar surface area (TPSA) is 82.7 Å². The van der Waals surface area contributed by atoms with E-state index in [9.17, 15) is 10.1 Å². The van der Waals surface area contributed by atoms with Gasteiger partial charge in [-0.2, -0.15) is 5.26 Å². The van der Waals surface area contributed by atoms with Crippen LogP contribution in [0.1, 0.15) is 45.4 Å². The molecular formula is C17H25N5O. The molecule has 2 N–H and O–H groups in total. The van der Waals surface area contributed by atoms with Crippen LogP contribution in [0.25, 0.3) is 0 Å². The average molecular weight is 315 g/mol. The first-order chi connectivity index (χ1) is 11.2. The van der Waals surface area contributed by atoms with Crippen LogP contribution in [0.5, 0.6) is 0 Å². The Balaban J connectivity index is 1.79. The van der Waals surface area contributed by atoms with Crippen molar-refractivity contribution in [2.24, 2.45) is 0 Å². The van der Waals surface area contributed by atoms with Crippen LogP contribution in [0.15, 0.2) is 30.0 Å². The minimum absolute atomic E-state index is 0.193. The molecule has 1 aliphatic rings. The molecule has 23 heavy (non-hydrogen) atoms. The highest BCUT2D eigenvalue weighted by Crippen LogP contribution is 2.17. The molecule has 1 aromatic rings. The maximum Gasteiger partial charge on any atom is 0.263 e. The van der Waals surface area contributed by atoms with Gasteiger partial charge in [0, 0.05) is 37.2 Å². The zero-order chi connectivity index (χ0) is 16.5. The Labute approximate surface area is 137 Å². The molecule has 2 rings (SSSR count). The summed E-state index contributed by atoms with van der Waals surface area (Å²) in [5.41, 5.74) is 0.838. The molecule has 0 bridgehead atoms. The molecular weight excluding hydrogens is 290 g/mol. The number of rotatable bonds is 7. The normalized spacial score (nSPS) is 16.3. The van der Waals surface area contributed by atoms with Gasteiger partial charge in [0.2, 0.25) is 0 Å². The van der Waals surface area contributed by atoms with Crippen molar-refractivity contribution in [2.75, 3.05) is 6.54 Å². The SMILES string of the molecule is CC(NCCCn1ccnc1)=C(C#N)C(=O)NC1CCCCC1. The lowest BCUT2D eigenvalue weighted by atomic mass is 9.95. The molecule has 1 fully saturated rings. The van der Waals surface area contributed by atoms with Gasteiger partial charge in [-0.3, -0.25) is 4.79 Å². The fourth-order valence-electron chi connectivity index (χ4n) is 2.85. The molecule has 1 amide bonds. The third-order valence-electron chi connectivity index (χ3n) is 4.20. The number of carbonyl (C=O) groups is 1. The van der Waals surface area contributed by atoms with Crippen LogP contribution >= 0.6 is 0 Å². The van der Waals surface area contributed by atoms with Gasteiger partial charge in [-0.1, -0.05) is 19.3 Å². The number of nitrogens with zero attached hydrogens (tertiary/aromatic N) is 3. The number of amides is 1. The Morgan fingerprint density at radius 3 is 2.83 bits per heavy atom. The van der Waals surface area contributed by atoms with Crippen molar-refractivity contribution >= 4 is 5.91 Å². The van der Waals surface area contributed by atoms with Gasteiger partial charge in [0.25, 0.3) is 5.91 Å². The van der Waals surface area contributed by atoms with E-state index in [0.29, 0.717) is 12.2 Å². The first-order valence-corrected chi connectivity index (χ1v) is 8.32. The highest BCUT2D eigenvalue weighted by molar-refractivity contribution is 5.98. The van der Waals surface area contributed by atoms with Gasteiger partial charge in [-0.05, 0) is 26.2 Å². The van der Waals surface area contributed by atoms with E-state index in [0.717, 1.165) is 38.6 Å².